The molecule has 1 aromatic rings. The Morgan fingerprint density at radius 1 is 1.75 bits per heavy atom. The van der Waals surface area contributed by atoms with Crippen molar-refractivity contribution in [2.24, 2.45) is 0 Å². The molecule has 1 aromatic heterocycles. The highest BCUT2D eigenvalue weighted by atomic mass is 16.3. The molecule has 1 aliphatic rings. The molecule has 0 aliphatic heterocycles. The first kappa shape index (κ1) is 7.73. The molecule has 1 unspecified atom stereocenters. The summed E-state index contributed by atoms with van der Waals surface area (Å²) < 4.78 is 1.71. The highest BCUT2D eigenvalue weighted by Gasteiger charge is 2.27. The molecular weight excluding hydrogens is 154 g/mol. The maximum atomic E-state index is 9.08. The Hall–Kier alpha value is -0.900. The van der Waals surface area contributed by atoms with Crippen molar-refractivity contribution in [3.05, 3.63) is 12.2 Å². The van der Waals surface area contributed by atoms with Gasteiger partial charge in [-0.25, -0.2) is 4.98 Å². The number of hydrogen-bond donors (Lipinski definition) is 1. The van der Waals surface area contributed by atoms with Crippen LogP contribution in [0.25, 0.3) is 0 Å². The summed E-state index contributed by atoms with van der Waals surface area (Å²) >= 11 is 0. The molecule has 1 fully saturated rings. The minimum atomic E-state index is -0.348. The molecule has 2 rings (SSSR count). The number of hydrogen-bond acceptors (Lipinski definition) is 3. The zero-order valence-electron chi connectivity index (χ0n) is 7.14. The van der Waals surface area contributed by atoms with Crippen LogP contribution in [0.15, 0.2) is 6.33 Å². The van der Waals surface area contributed by atoms with Gasteiger partial charge in [-0.3, -0.25) is 4.68 Å². The summed E-state index contributed by atoms with van der Waals surface area (Å²) in [5.41, 5.74) is 0. The maximum absolute atomic E-state index is 9.08. The lowest BCUT2D eigenvalue weighted by molar-refractivity contribution is 0.168. The van der Waals surface area contributed by atoms with Crippen LogP contribution in [0.3, 0.4) is 0 Å². The summed E-state index contributed by atoms with van der Waals surface area (Å²) in [6.45, 7) is 2.29. The Labute approximate surface area is 71.2 Å². The molecule has 1 saturated carbocycles. The van der Waals surface area contributed by atoms with Gasteiger partial charge in [-0.05, 0) is 19.8 Å². The molecular formula is C8H13N3O. The van der Waals surface area contributed by atoms with E-state index < -0.39 is 0 Å². The van der Waals surface area contributed by atoms with Gasteiger partial charge in [-0.2, -0.15) is 5.10 Å². The molecule has 1 heterocycles. The number of aliphatic hydroxyl groups is 1. The lowest BCUT2D eigenvalue weighted by Crippen LogP contribution is -2.12. The Kier molecular flexibility index (Phi) is 1.84. The van der Waals surface area contributed by atoms with Gasteiger partial charge in [0, 0.05) is 5.92 Å². The predicted octanol–water partition coefficient (Wildman–Crippen LogP) is 0.536. The highest BCUT2D eigenvalue weighted by molar-refractivity contribution is 5.02. The first-order valence-electron chi connectivity index (χ1n) is 4.33. The van der Waals surface area contributed by atoms with Crippen LogP contribution in [-0.4, -0.2) is 26.0 Å². The summed E-state index contributed by atoms with van der Waals surface area (Å²) in [4.78, 5) is 4.17. The summed E-state index contributed by atoms with van der Waals surface area (Å²) in [6.07, 6.45) is 3.79. The van der Waals surface area contributed by atoms with Gasteiger partial charge in [0.2, 0.25) is 0 Å². The lowest BCUT2D eigenvalue weighted by Gasteiger charge is -2.01. The Balaban J connectivity index is 2.03. The zero-order valence-corrected chi connectivity index (χ0v) is 7.14. The summed E-state index contributed by atoms with van der Waals surface area (Å²) in [5.74, 6) is 1.54. The molecule has 0 bridgehead atoms. The van der Waals surface area contributed by atoms with Crippen LogP contribution in [0.4, 0.5) is 0 Å². The lowest BCUT2D eigenvalue weighted by atomic mass is 10.4. The second kappa shape index (κ2) is 2.86. The van der Waals surface area contributed by atoms with Crippen LogP contribution in [0.5, 0.6) is 0 Å². The topological polar surface area (TPSA) is 50.9 Å². The Morgan fingerprint density at radius 3 is 3.08 bits per heavy atom. The van der Waals surface area contributed by atoms with Crippen molar-refractivity contribution < 1.29 is 5.11 Å². The summed E-state index contributed by atoms with van der Waals surface area (Å²) in [7, 11) is 0. The summed E-state index contributed by atoms with van der Waals surface area (Å²) in [5, 5.41) is 13.3. The van der Waals surface area contributed by atoms with Crippen molar-refractivity contribution in [3.8, 4) is 0 Å². The van der Waals surface area contributed by atoms with Crippen molar-refractivity contribution in [2.75, 3.05) is 0 Å². The van der Waals surface area contributed by atoms with Gasteiger partial charge >= 0.3 is 0 Å². The first-order chi connectivity index (χ1) is 5.75. The van der Waals surface area contributed by atoms with Crippen LogP contribution in [-0.2, 0) is 6.54 Å². The van der Waals surface area contributed by atoms with Crippen molar-refractivity contribution in [3.63, 3.8) is 0 Å². The molecule has 0 amide bonds. The van der Waals surface area contributed by atoms with Crippen LogP contribution in [0.1, 0.15) is 31.5 Å². The molecule has 4 heteroatoms. The van der Waals surface area contributed by atoms with E-state index in [1.807, 2.05) is 0 Å². The average molecular weight is 167 g/mol. The van der Waals surface area contributed by atoms with E-state index in [0.717, 1.165) is 5.82 Å². The third kappa shape index (κ3) is 1.64. The second-order valence-electron chi connectivity index (χ2n) is 3.45. The van der Waals surface area contributed by atoms with E-state index in [2.05, 4.69) is 10.1 Å². The molecule has 0 saturated heterocycles. The predicted molar refractivity (Wildman–Crippen MR) is 43.7 cm³/mol. The van der Waals surface area contributed by atoms with E-state index in [1.165, 1.54) is 12.8 Å². The van der Waals surface area contributed by atoms with Gasteiger partial charge < -0.3 is 5.11 Å². The highest BCUT2D eigenvalue weighted by Crippen LogP contribution is 2.37. The molecule has 1 atom stereocenters. The number of aliphatic hydroxyl groups excluding tert-OH is 1. The van der Waals surface area contributed by atoms with Crippen molar-refractivity contribution >= 4 is 0 Å². The second-order valence-corrected chi connectivity index (χ2v) is 3.45. The molecule has 4 nitrogen and oxygen atoms in total. The third-order valence-electron chi connectivity index (χ3n) is 1.95. The first-order valence-corrected chi connectivity index (χ1v) is 4.33. The van der Waals surface area contributed by atoms with E-state index in [4.69, 9.17) is 5.11 Å². The Bertz CT molecular complexity index is 265. The Morgan fingerprint density at radius 2 is 2.50 bits per heavy atom. The van der Waals surface area contributed by atoms with Gasteiger partial charge in [0.05, 0.1) is 12.6 Å². The summed E-state index contributed by atoms with van der Waals surface area (Å²) in [6, 6.07) is 0. The van der Waals surface area contributed by atoms with Crippen LogP contribution < -0.4 is 0 Å². The smallest absolute Gasteiger partial charge is 0.153 e. The SMILES string of the molecule is CC(O)Cn1cnc(C2CC2)n1. The van der Waals surface area contributed by atoms with E-state index >= 15 is 0 Å². The van der Waals surface area contributed by atoms with E-state index in [9.17, 15) is 0 Å². The molecule has 12 heavy (non-hydrogen) atoms. The van der Waals surface area contributed by atoms with Crippen molar-refractivity contribution in [1.29, 1.82) is 0 Å². The van der Waals surface area contributed by atoms with Crippen LogP contribution in [0.2, 0.25) is 0 Å². The molecule has 0 spiro atoms. The normalized spacial score (nSPS) is 19.5. The molecule has 0 aromatic carbocycles. The molecule has 1 aliphatic carbocycles. The van der Waals surface area contributed by atoms with E-state index in [0.29, 0.717) is 12.5 Å². The number of rotatable bonds is 3. The van der Waals surface area contributed by atoms with Gasteiger partial charge in [-0.1, -0.05) is 0 Å². The average Bonchev–Trinajstić information content (AvgIpc) is 2.73. The van der Waals surface area contributed by atoms with Crippen LogP contribution >= 0.6 is 0 Å². The fraction of sp³-hybridized carbons (Fsp3) is 0.750. The minimum Gasteiger partial charge on any atom is -0.391 e. The van der Waals surface area contributed by atoms with E-state index in [1.54, 1.807) is 17.9 Å². The standard InChI is InChI=1S/C8H13N3O/c1-6(12)4-11-5-9-8(10-11)7-2-3-7/h5-7,12H,2-4H2,1H3. The fourth-order valence-electron chi connectivity index (χ4n) is 1.20. The minimum absolute atomic E-state index is 0.348. The maximum Gasteiger partial charge on any atom is 0.153 e. The van der Waals surface area contributed by atoms with Crippen LogP contribution in [0, 0.1) is 0 Å². The number of aromatic nitrogens is 3. The van der Waals surface area contributed by atoms with Gasteiger partial charge in [0.25, 0.3) is 0 Å². The third-order valence-corrected chi connectivity index (χ3v) is 1.95. The molecule has 66 valence electrons. The largest absolute Gasteiger partial charge is 0.391 e. The van der Waals surface area contributed by atoms with Crippen molar-refractivity contribution in [1.82, 2.24) is 14.8 Å². The van der Waals surface area contributed by atoms with Crippen molar-refractivity contribution in [2.45, 2.75) is 38.3 Å². The van der Waals surface area contributed by atoms with E-state index in [-0.39, 0.29) is 6.10 Å². The fourth-order valence-corrected chi connectivity index (χ4v) is 1.20. The van der Waals surface area contributed by atoms with Gasteiger partial charge in [0.1, 0.15) is 6.33 Å². The monoisotopic (exact) mass is 167 g/mol. The van der Waals surface area contributed by atoms with Gasteiger partial charge in [0.15, 0.2) is 5.82 Å². The zero-order chi connectivity index (χ0) is 8.55. The molecule has 0 radical (unpaired) electrons. The van der Waals surface area contributed by atoms with Gasteiger partial charge in [-0.15, -0.1) is 0 Å². The number of nitrogens with zero attached hydrogens (tertiary/aromatic N) is 3. The molecule has 1 N–H and O–H groups in total. The quantitative estimate of drug-likeness (QED) is 0.714.